The molecule has 0 aliphatic heterocycles. The van der Waals surface area contributed by atoms with E-state index in [0.717, 1.165) is 23.4 Å². The molecular weight excluding hydrogens is 388 g/mol. The van der Waals surface area contributed by atoms with Crippen molar-refractivity contribution in [3.8, 4) is 5.75 Å². The molecule has 0 radical (unpaired) electrons. The lowest BCUT2D eigenvalue weighted by molar-refractivity contribution is -0.384. The number of fused-ring (bicyclic) bond motifs is 1. The number of hydrogen-bond acceptors (Lipinski definition) is 6. The fourth-order valence-corrected chi connectivity index (χ4v) is 2.95. The zero-order chi connectivity index (χ0) is 20.7. The number of nitro groups is 1. The number of amides is 1. The molecule has 9 nitrogen and oxygen atoms in total. The first-order valence-electron chi connectivity index (χ1n) is 8.70. The normalized spacial score (nSPS) is 13.7. The monoisotopic (exact) mass is 403 g/mol. The molecule has 1 saturated carbocycles. The molecule has 150 valence electrons. The van der Waals surface area contributed by atoms with Crippen molar-refractivity contribution < 1.29 is 23.2 Å². The lowest BCUT2D eigenvalue weighted by Gasteiger charge is -2.06. The maximum atomic E-state index is 13.5. The van der Waals surface area contributed by atoms with E-state index in [4.69, 9.17) is 4.74 Å². The minimum Gasteiger partial charge on any atom is -0.496 e. The third-order valence-electron chi connectivity index (χ3n) is 4.58. The highest BCUT2D eigenvalue weighted by Crippen LogP contribution is 2.40. The van der Waals surface area contributed by atoms with Crippen LogP contribution >= 0.6 is 0 Å². The van der Waals surface area contributed by atoms with Crippen molar-refractivity contribution in [1.29, 1.82) is 0 Å². The minimum absolute atomic E-state index is 0.0708. The van der Waals surface area contributed by atoms with E-state index in [2.05, 4.69) is 15.4 Å². The van der Waals surface area contributed by atoms with Crippen LogP contribution in [0.4, 0.5) is 20.2 Å². The Kier molecular flexibility index (Phi) is 4.57. The zero-order valence-electron chi connectivity index (χ0n) is 15.1. The number of nitrogens with zero attached hydrogens (tertiary/aromatic N) is 4. The number of alkyl halides is 2. The quantitative estimate of drug-likeness (QED) is 0.496. The number of ether oxygens (including phenoxy) is 1. The summed E-state index contributed by atoms with van der Waals surface area (Å²) in [4.78, 5) is 27.5. The SMILES string of the molecule is COc1ccc(NC(=O)c2cc3nc(C4CC4)cc(C(F)F)n3n2)c([N+](=O)[O-])c1. The molecule has 1 aliphatic carbocycles. The van der Waals surface area contributed by atoms with Crippen LogP contribution < -0.4 is 10.1 Å². The van der Waals surface area contributed by atoms with E-state index in [0.29, 0.717) is 5.69 Å². The van der Waals surface area contributed by atoms with Gasteiger partial charge in [0.2, 0.25) is 0 Å². The molecule has 3 aromatic rings. The minimum atomic E-state index is -2.79. The number of benzene rings is 1. The van der Waals surface area contributed by atoms with Crippen LogP contribution in [0.25, 0.3) is 5.65 Å². The Balaban J connectivity index is 1.69. The third-order valence-corrected chi connectivity index (χ3v) is 4.58. The van der Waals surface area contributed by atoms with E-state index < -0.39 is 17.3 Å². The average Bonchev–Trinajstić information content (AvgIpc) is 3.45. The van der Waals surface area contributed by atoms with E-state index >= 15 is 0 Å². The number of rotatable bonds is 6. The van der Waals surface area contributed by atoms with Crippen LogP contribution in [0.3, 0.4) is 0 Å². The number of carbonyl (C=O) groups is 1. The highest BCUT2D eigenvalue weighted by atomic mass is 19.3. The van der Waals surface area contributed by atoms with Crippen molar-refractivity contribution in [2.24, 2.45) is 0 Å². The molecule has 1 aromatic carbocycles. The van der Waals surface area contributed by atoms with E-state index in [9.17, 15) is 23.7 Å². The van der Waals surface area contributed by atoms with Gasteiger partial charge in [-0.3, -0.25) is 14.9 Å². The molecule has 1 fully saturated rings. The molecule has 0 bridgehead atoms. The summed E-state index contributed by atoms with van der Waals surface area (Å²) in [5.74, 6) is -0.385. The molecule has 1 amide bonds. The van der Waals surface area contributed by atoms with E-state index in [-0.39, 0.29) is 40.1 Å². The smallest absolute Gasteiger partial charge is 0.296 e. The molecular formula is C18H15F2N5O4. The van der Waals surface area contributed by atoms with Gasteiger partial charge in [-0.25, -0.2) is 18.3 Å². The summed E-state index contributed by atoms with van der Waals surface area (Å²) in [5, 5.41) is 17.6. The predicted molar refractivity (Wildman–Crippen MR) is 97.5 cm³/mol. The summed E-state index contributed by atoms with van der Waals surface area (Å²) in [6.07, 6.45) is -1.03. The first kappa shape index (κ1) is 18.7. The number of nitrogens with one attached hydrogen (secondary N) is 1. The first-order valence-corrected chi connectivity index (χ1v) is 8.70. The summed E-state index contributed by atoms with van der Waals surface area (Å²) < 4.78 is 32.8. The van der Waals surface area contributed by atoms with Crippen LogP contribution in [0.2, 0.25) is 0 Å². The van der Waals surface area contributed by atoms with Crippen LogP contribution in [0, 0.1) is 10.1 Å². The maximum Gasteiger partial charge on any atom is 0.296 e. The van der Waals surface area contributed by atoms with Crippen molar-refractivity contribution in [2.75, 3.05) is 12.4 Å². The van der Waals surface area contributed by atoms with Gasteiger partial charge in [0.1, 0.15) is 17.1 Å². The molecule has 4 rings (SSSR count). The van der Waals surface area contributed by atoms with Crippen LogP contribution in [0.5, 0.6) is 5.75 Å². The van der Waals surface area contributed by atoms with E-state index in [1.165, 1.54) is 31.4 Å². The van der Waals surface area contributed by atoms with Gasteiger partial charge in [0.15, 0.2) is 11.3 Å². The summed E-state index contributed by atoms with van der Waals surface area (Å²) >= 11 is 0. The highest BCUT2D eigenvalue weighted by Gasteiger charge is 2.28. The molecule has 0 spiro atoms. The zero-order valence-corrected chi connectivity index (χ0v) is 15.1. The van der Waals surface area contributed by atoms with Crippen LogP contribution in [0.1, 0.15) is 47.1 Å². The largest absolute Gasteiger partial charge is 0.496 e. The molecule has 1 N–H and O–H groups in total. The molecule has 2 aromatic heterocycles. The molecule has 1 aliphatic rings. The van der Waals surface area contributed by atoms with Gasteiger partial charge in [-0.05, 0) is 31.0 Å². The van der Waals surface area contributed by atoms with Crippen LogP contribution in [-0.4, -0.2) is 32.5 Å². The van der Waals surface area contributed by atoms with E-state index in [1.54, 1.807) is 0 Å². The topological polar surface area (TPSA) is 112 Å². The molecule has 0 unspecified atom stereocenters. The van der Waals surface area contributed by atoms with Crippen molar-refractivity contribution >= 4 is 22.9 Å². The number of aromatic nitrogens is 3. The Morgan fingerprint density at radius 2 is 2.10 bits per heavy atom. The Bertz CT molecular complexity index is 1130. The number of hydrogen-bond donors (Lipinski definition) is 1. The standard InChI is InChI=1S/C18H15F2N5O4/c1-29-10-4-5-11(14(6-10)25(27)28)22-18(26)13-8-16-21-12(9-2-3-9)7-15(17(19)20)24(16)23-13/h4-9,17H,2-3H2,1H3,(H,22,26). The van der Waals surface area contributed by atoms with Gasteiger partial charge >= 0.3 is 0 Å². The Hall–Kier alpha value is -3.63. The summed E-state index contributed by atoms with van der Waals surface area (Å²) in [7, 11) is 1.36. The van der Waals surface area contributed by atoms with Crippen molar-refractivity contribution in [3.63, 3.8) is 0 Å². The summed E-state index contributed by atoms with van der Waals surface area (Å²) in [6.45, 7) is 0. The van der Waals surface area contributed by atoms with Crippen LogP contribution in [0.15, 0.2) is 30.3 Å². The summed E-state index contributed by atoms with van der Waals surface area (Å²) in [6, 6.07) is 6.52. The number of anilines is 1. The Morgan fingerprint density at radius 1 is 1.34 bits per heavy atom. The Morgan fingerprint density at radius 3 is 2.72 bits per heavy atom. The fourth-order valence-electron chi connectivity index (χ4n) is 2.95. The molecule has 0 atom stereocenters. The number of methoxy groups -OCH3 is 1. The second-order valence-electron chi connectivity index (χ2n) is 6.57. The second kappa shape index (κ2) is 7.08. The number of nitro benzene ring substituents is 1. The van der Waals surface area contributed by atoms with Gasteiger partial charge in [-0.1, -0.05) is 0 Å². The number of carbonyl (C=O) groups excluding carboxylic acids is 1. The van der Waals surface area contributed by atoms with Gasteiger partial charge in [0.25, 0.3) is 18.0 Å². The molecule has 0 saturated heterocycles. The highest BCUT2D eigenvalue weighted by molar-refractivity contribution is 6.04. The predicted octanol–water partition coefficient (Wildman–Crippen LogP) is 3.71. The van der Waals surface area contributed by atoms with Crippen molar-refractivity contribution in [2.45, 2.75) is 25.2 Å². The maximum absolute atomic E-state index is 13.5. The van der Waals surface area contributed by atoms with Crippen molar-refractivity contribution in [3.05, 3.63) is 57.5 Å². The van der Waals surface area contributed by atoms with Gasteiger partial charge < -0.3 is 10.1 Å². The lowest BCUT2D eigenvalue weighted by atomic mass is 10.2. The average molecular weight is 403 g/mol. The summed E-state index contributed by atoms with van der Waals surface area (Å²) in [5.41, 5.74) is -0.309. The lowest BCUT2D eigenvalue weighted by Crippen LogP contribution is -2.14. The van der Waals surface area contributed by atoms with E-state index in [1.807, 2.05) is 0 Å². The molecule has 2 heterocycles. The van der Waals surface area contributed by atoms with Crippen LogP contribution in [-0.2, 0) is 0 Å². The van der Waals surface area contributed by atoms with Gasteiger partial charge in [-0.2, -0.15) is 5.10 Å². The van der Waals surface area contributed by atoms with Gasteiger partial charge in [-0.15, -0.1) is 0 Å². The number of halogens is 2. The van der Waals surface area contributed by atoms with Gasteiger partial charge in [0, 0.05) is 17.7 Å². The fraction of sp³-hybridized carbons (Fsp3) is 0.278. The Labute approximate surface area is 162 Å². The second-order valence-corrected chi connectivity index (χ2v) is 6.57. The third kappa shape index (κ3) is 3.58. The molecule has 29 heavy (non-hydrogen) atoms. The first-order chi connectivity index (χ1) is 13.9. The van der Waals surface area contributed by atoms with Crippen molar-refractivity contribution in [1.82, 2.24) is 14.6 Å². The molecule has 11 heteroatoms. The van der Waals surface area contributed by atoms with Gasteiger partial charge in [0.05, 0.1) is 18.1 Å².